The number of benzene rings is 6. The van der Waals surface area contributed by atoms with Crippen molar-refractivity contribution in [2.45, 2.75) is 24.9 Å². The minimum atomic E-state index is -0.696. The fourth-order valence-corrected chi connectivity index (χ4v) is 11.6. The molecule has 0 saturated heterocycles. The van der Waals surface area contributed by atoms with Gasteiger partial charge in [-0.2, -0.15) is 0 Å². The zero-order valence-electron chi connectivity index (χ0n) is 23.7. The summed E-state index contributed by atoms with van der Waals surface area (Å²) in [5, 5.41) is 7.21. The molecule has 4 aliphatic carbocycles. The van der Waals surface area contributed by atoms with Crippen molar-refractivity contribution in [3.05, 3.63) is 186 Å². The highest BCUT2D eigenvalue weighted by Gasteiger charge is 2.29. The molecule has 0 amide bonds. The van der Waals surface area contributed by atoms with Crippen molar-refractivity contribution in [1.29, 1.82) is 0 Å². The predicted octanol–water partition coefficient (Wildman–Crippen LogP) is 7.96. The van der Waals surface area contributed by atoms with Gasteiger partial charge in [-0.1, -0.05) is 164 Å². The van der Waals surface area contributed by atoms with Gasteiger partial charge in [0.1, 0.15) is 0 Å². The van der Waals surface area contributed by atoms with Gasteiger partial charge in [0.05, 0.1) is 0 Å². The molecule has 0 heterocycles. The smallest absolute Gasteiger partial charge is 0.0163 e. The van der Waals surface area contributed by atoms with E-state index in [-0.39, 0.29) is 0 Å². The van der Waals surface area contributed by atoms with E-state index in [0.29, 0.717) is 5.66 Å². The molecule has 6 aromatic carbocycles. The largest absolute Gasteiger partial charge is 0.0622 e. The van der Waals surface area contributed by atoms with E-state index in [2.05, 4.69) is 164 Å². The Morgan fingerprint density at radius 2 is 0.881 bits per heavy atom. The van der Waals surface area contributed by atoms with Gasteiger partial charge in [-0.15, -0.1) is 0 Å². The average molecular weight is 577 g/mol. The van der Waals surface area contributed by atoms with Gasteiger partial charge in [0.2, 0.25) is 0 Å². The van der Waals surface area contributed by atoms with Gasteiger partial charge in [-0.3, -0.25) is 0 Å². The maximum absolute atomic E-state index is 2.55. The summed E-state index contributed by atoms with van der Waals surface area (Å²) in [6.45, 7) is 0. The lowest BCUT2D eigenvalue weighted by Crippen LogP contribution is -2.26. The van der Waals surface area contributed by atoms with Crippen molar-refractivity contribution in [1.82, 2.24) is 0 Å². The van der Waals surface area contributed by atoms with E-state index < -0.39 is 15.8 Å². The Bertz CT molecular complexity index is 1650. The van der Waals surface area contributed by atoms with E-state index in [0.717, 1.165) is 19.3 Å². The van der Waals surface area contributed by atoms with Crippen molar-refractivity contribution < 1.29 is 0 Å². The molecule has 0 aliphatic heterocycles. The summed E-state index contributed by atoms with van der Waals surface area (Å²) in [6.07, 6.45) is 3.12. The Hall–Kier alpha value is -3.82. The maximum atomic E-state index is 2.55. The molecule has 1 atom stereocenters. The van der Waals surface area contributed by atoms with E-state index in [1.807, 2.05) is 0 Å². The molecular formula is C40H34P2. The third-order valence-corrected chi connectivity index (χ3v) is 13.6. The Morgan fingerprint density at radius 1 is 0.429 bits per heavy atom. The van der Waals surface area contributed by atoms with E-state index in [4.69, 9.17) is 0 Å². The molecule has 204 valence electrons. The SMILES string of the molecule is c1ccc(P(c2ccccc2)c2cc3ccc2CC(P(c2ccccc2)c2ccccc2)c2ccc(cc2)CC3)cc1. The van der Waals surface area contributed by atoms with Gasteiger partial charge in [0.25, 0.3) is 0 Å². The number of hydrogen-bond donors (Lipinski definition) is 0. The minimum Gasteiger partial charge on any atom is -0.0622 e. The summed E-state index contributed by atoms with van der Waals surface area (Å²) < 4.78 is 0. The van der Waals surface area contributed by atoms with Gasteiger partial charge in [0.15, 0.2) is 0 Å². The Kier molecular flexibility index (Phi) is 8.10. The molecule has 0 spiro atoms. The molecule has 0 saturated carbocycles. The van der Waals surface area contributed by atoms with Gasteiger partial charge in [0, 0.05) is 5.66 Å². The third kappa shape index (κ3) is 5.76. The molecule has 0 aromatic heterocycles. The summed E-state index contributed by atoms with van der Waals surface area (Å²) in [4.78, 5) is 0. The molecule has 4 bridgehead atoms. The van der Waals surface area contributed by atoms with E-state index in [1.165, 1.54) is 48.8 Å². The van der Waals surface area contributed by atoms with Gasteiger partial charge in [-0.05, 0) is 83.9 Å². The fraction of sp³-hybridized carbons (Fsp3) is 0.100. The summed E-state index contributed by atoms with van der Waals surface area (Å²) in [7, 11) is -1.34. The Morgan fingerprint density at radius 3 is 1.40 bits per heavy atom. The second-order valence-corrected chi connectivity index (χ2v) is 15.6. The van der Waals surface area contributed by atoms with Crippen LogP contribution in [0.5, 0.6) is 0 Å². The molecule has 0 radical (unpaired) electrons. The van der Waals surface area contributed by atoms with Crippen molar-refractivity contribution in [3.8, 4) is 0 Å². The topological polar surface area (TPSA) is 0 Å². The zero-order valence-corrected chi connectivity index (χ0v) is 25.5. The third-order valence-electron chi connectivity index (χ3n) is 8.28. The highest BCUT2D eigenvalue weighted by atomic mass is 31.1. The molecule has 0 fully saturated rings. The van der Waals surface area contributed by atoms with Crippen LogP contribution in [0.2, 0.25) is 0 Å². The highest BCUT2D eigenvalue weighted by Crippen LogP contribution is 2.52. The van der Waals surface area contributed by atoms with E-state index in [1.54, 1.807) is 0 Å². The lowest BCUT2D eigenvalue weighted by molar-refractivity contribution is 0.906. The van der Waals surface area contributed by atoms with Crippen LogP contribution in [0, 0.1) is 0 Å². The van der Waals surface area contributed by atoms with Crippen LogP contribution in [0.1, 0.15) is 27.9 Å². The average Bonchev–Trinajstić information content (AvgIpc) is 3.06. The highest BCUT2D eigenvalue weighted by molar-refractivity contribution is 7.80. The predicted molar refractivity (Wildman–Crippen MR) is 185 cm³/mol. The summed E-state index contributed by atoms with van der Waals surface area (Å²) in [6, 6.07) is 61.9. The van der Waals surface area contributed by atoms with Gasteiger partial charge in [-0.25, -0.2) is 0 Å². The van der Waals surface area contributed by atoms with Crippen molar-refractivity contribution in [3.63, 3.8) is 0 Å². The number of rotatable bonds is 6. The lowest BCUT2D eigenvalue weighted by atomic mass is 9.96. The Labute approximate surface area is 252 Å². The molecule has 0 nitrogen and oxygen atoms in total. The molecule has 10 rings (SSSR count). The lowest BCUT2D eigenvalue weighted by Gasteiger charge is -2.32. The summed E-state index contributed by atoms with van der Waals surface area (Å²) >= 11 is 0. The van der Waals surface area contributed by atoms with Gasteiger partial charge >= 0.3 is 0 Å². The zero-order chi connectivity index (χ0) is 28.1. The summed E-state index contributed by atoms with van der Waals surface area (Å²) in [5.41, 5.74) is 6.12. The minimum absolute atomic E-state index is 0.353. The number of hydrogen-bond acceptors (Lipinski definition) is 0. The quantitative estimate of drug-likeness (QED) is 0.177. The Balaban J connectivity index is 1.44. The van der Waals surface area contributed by atoms with Crippen LogP contribution in [0.15, 0.2) is 164 Å². The molecule has 2 heteroatoms. The first-order chi connectivity index (χ1) is 20.8. The van der Waals surface area contributed by atoms with Crippen LogP contribution in [0.3, 0.4) is 0 Å². The number of aryl methyl sites for hydroxylation is 2. The molecule has 1 unspecified atom stereocenters. The first-order valence-corrected chi connectivity index (χ1v) is 17.6. The first-order valence-electron chi connectivity index (χ1n) is 14.8. The molecular weight excluding hydrogens is 542 g/mol. The van der Waals surface area contributed by atoms with Crippen LogP contribution < -0.4 is 26.5 Å². The summed E-state index contributed by atoms with van der Waals surface area (Å²) in [5.74, 6) is 0. The van der Waals surface area contributed by atoms with Crippen molar-refractivity contribution >= 4 is 42.4 Å². The van der Waals surface area contributed by atoms with E-state index >= 15 is 0 Å². The van der Waals surface area contributed by atoms with Crippen LogP contribution in [-0.4, -0.2) is 0 Å². The van der Waals surface area contributed by atoms with Crippen LogP contribution in [-0.2, 0) is 19.3 Å². The first kappa shape index (κ1) is 27.0. The van der Waals surface area contributed by atoms with Crippen molar-refractivity contribution in [2.75, 3.05) is 0 Å². The maximum Gasteiger partial charge on any atom is 0.0163 e. The van der Waals surface area contributed by atoms with Crippen LogP contribution in [0.25, 0.3) is 0 Å². The fourth-order valence-electron chi connectivity index (χ4n) is 6.17. The van der Waals surface area contributed by atoms with Crippen LogP contribution >= 0.6 is 15.8 Å². The normalized spacial score (nSPS) is 14.6. The standard InChI is InChI=1S/C40H34P2/c1-5-13-35(14-6-1)41(36-15-7-2-8-16-36)39-29-32-22-21-31-23-26-33(27-24-31)40(30-34(39)28-25-32)42(37-17-9-3-10-18-37)38-19-11-4-12-20-38/h1-20,23-29,40H,21-22,30H2. The second-order valence-electron chi connectivity index (χ2n) is 11.0. The van der Waals surface area contributed by atoms with E-state index in [9.17, 15) is 0 Å². The van der Waals surface area contributed by atoms with Crippen LogP contribution in [0.4, 0.5) is 0 Å². The molecule has 42 heavy (non-hydrogen) atoms. The molecule has 0 N–H and O–H groups in total. The van der Waals surface area contributed by atoms with Gasteiger partial charge < -0.3 is 0 Å². The molecule has 4 aliphatic rings. The second kappa shape index (κ2) is 12.6. The monoisotopic (exact) mass is 576 g/mol. The van der Waals surface area contributed by atoms with Crippen molar-refractivity contribution in [2.24, 2.45) is 0 Å². The molecule has 6 aromatic rings.